The summed E-state index contributed by atoms with van der Waals surface area (Å²) >= 11 is 3.36. The maximum absolute atomic E-state index is 12.4. The Balaban J connectivity index is 2.39. The highest BCUT2D eigenvalue weighted by Crippen LogP contribution is 2.22. The fourth-order valence-corrected chi connectivity index (χ4v) is 3.61. The number of amides is 1. The van der Waals surface area contributed by atoms with Crippen molar-refractivity contribution in [3.63, 3.8) is 0 Å². The molecule has 2 aromatic carbocycles. The molecule has 4 nitrogen and oxygen atoms in total. The lowest BCUT2D eigenvalue weighted by molar-refractivity contribution is 0.102. The molecule has 0 heterocycles. The van der Waals surface area contributed by atoms with E-state index in [1.54, 1.807) is 25.1 Å². The quantitative estimate of drug-likeness (QED) is 0.875. The summed E-state index contributed by atoms with van der Waals surface area (Å²) in [7, 11) is -3.45. The van der Waals surface area contributed by atoms with Crippen molar-refractivity contribution in [1.82, 2.24) is 0 Å². The van der Waals surface area contributed by atoms with E-state index < -0.39 is 15.7 Å². The predicted molar refractivity (Wildman–Crippen MR) is 91.0 cm³/mol. The van der Waals surface area contributed by atoms with Crippen LogP contribution in [0.3, 0.4) is 0 Å². The molecule has 2 rings (SSSR count). The van der Waals surface area contributed by atoms with Crippen LogP contribution in [0.2, 0.25) is 0 Å². The summed E-state index contributed by atoms with van der Waals surface area (Å²) in [5, 5.41) is 2.77. The normalized spacial score (nSPS) is 11.2. The maximum atomic E-state index is 12.4. The number of nitrogens with one attached hydrogen (secondary N) is 1. The minimum absolute atomic E-state index is 0.0470. The van der Waals surface area contributed by atoms with Crippen molar-refractivity contribution in [1.29, 1.82) is 0 Å². The van der Waals surface area contributed by atoms with E-state index in [9.17, 15) is 13.2 Å². The van der Waals surface area contributed by atoms with Gasteiger partial charge in [0, 0.05) is 10.2 Å². The zero-order valence-electron chi connectivity index (χ0n) is 12.3. The molecular formula is C16H16BrNO3S. The number of rotatable bonds is 4. The van der Waals surface area contributed by atoms with Crippen molar-refractivity contribution >= 4 is 37.4 Å². The van der Waals surface area contributed by atoms with Crippen LogP contribution < -0.4 is 5.32 Å². The standard InChI is InChI=1S/C16H16BrNO3S/c1-3-22(20,21)15-7-5-4-6-13(15)16(19)18-14-9-8-12(17)10-11(14)2/h4-10H,3H2,1-2H3,(H,18,19). The van der Waals surface area contributed by atoms with Gasteiger partial charge in [-0.05, 0) is 42.8 Å². The Kier molecular flexibility index (Phi) is 5.03. The van der Waals surface area contributed by atoms with E-state index in [0.717, 1.165) is 10.0 Å². The predicted octanol–water partition coefficient (Wildman–Crippen LogP) is 3.80. The van der Waals surface area contributed by atoms with Gasteiger partial charge in [0.25, 0.3) is 5.91 Å². The van der Waals surface area contributed by atoms with Crippen LogP contribution in [0.4, 0.5) is 5.69 Å². The Morgan fingerprint density at radius 2 is 1.86 bits per heavy atom. The van der Waals surface area contributed by atoms with E-state index in [2.05, 4.69) is 21.2 Å². The van der Waals surface area contributed by atoms with Gasteiger partial charge in [-0.1, -0.05) is 35.0 Å². The molecule has 2 aromatic rings. The molecule has 0 saturated heterocycles. The van der Waals surface area contributed by atoms with Gasteiger partial charge in [0.1, 0.15) is 0 Å². The molecule has 0 atom stereocenters. The van der Waals surface area contributed by atoms with E-state index in [4.69, 9.17) is 0 Å². The van der Waals surface area contributed by atoms with Gasteiger partial charge in [0.15, 0.2) is 9.84 Å². The number of anilines is 1. The molecule has 1 N–H and O–H groups in total. The largest absolute Gasteiger partial charge is 0.322 e. The molecule has 0 unspecified atom stereocenters. The molecule has 0 saturated carbocycles. The first-order chi connectivity index (χ1) is 10.3. The van der Waals surface area contributed by atoms with Crippen LogP contribution in [0.25, 0.3) is 0 Å². The Bertz CT molecular complexity index is 816. The van der Waals surface area contributed by atoms with Crippen LogP contribution in [0.1, 0.15) is 22.8 Å². The van der Waals surface area contributed by atoms with Crippen LogP contribution in [0, 0.1) is 6.92 Å². The summed E-state index contributed by atoms with van der Waals surface area (Å²) in [6, 6.07) is 11.7. The highest BCUT2D eigenvalue weighted by Gasteiger charge is 2.20. The third-order valence-electron chi connectivity index (χ3n) is 3.28. The molecule has 0 aliphatic heterocycles. The average Bonchev–Trinajstić information content (AvgIpc) is 2.50. The summed E-state index contributed by atoms with van der Waals surface area (Å²) in [6.07, 6.45) is 0. The van der Waals surface area contributed by atoms with Crippen molar-refractivity contribution < 1.29 is 13.2 Å². The SMILES string of the molecule is CCS(=O)(=O)c1ccccc1C(=O)Nc1ccc(Br)cc1C. The van der Waals surface area contributed by atoms with Gasteiger partial charge >= 0.3 is 0 Å². The maximum Gasteiger partial charge on any atom is 0.256 e. The Morgan fingerprint density at radius 3 is 2.50 bits per heavy atom. The highest BCUT2D eigenvalue weighted by molar-refractivity contribution is 9.10. The lowest BCUT2D eigenvalue weighted by atomic mass is 10.1. The van der Waals surface area contributed by atoms with Crippen molar-refractivity contribution in [2.24, 2.45) is 0 Å². The number of sulfone groups is 1. The van der Waals surface area contributed by atoms with E-state index in [-0.39, 0.29) is 16.2 Å². The Morgan fingerprint density at radius 1 is 1.18 bits per heavy atom. The van der Waals surface area contributed by atoms with E-state index in [1.165, 1.54) is 12.1 Å². The first-order valence-corrected chi connectivity index (χ1v) is 9.19. The zero-order chi connectivity index (χ0) is 16.3. The fourth-order valence-electron chi connectivity index (χ4n) is 2.04. The Hall–Kier alpha value is -1.66. The molecule has 0 bridgehead atoms. The van der Waals surface area contributed by atoms with Gasteiger partial charge in [0.2, 0.25) is 0 Å². The number of aryl methyl sites for hydroxylation is 1. The zero-order valence-corrected chi connectivity index (χ0v) is 14.7. The lowest BCUT2D eigenvalue weighted by Gasteiger charge is -2.12. The second-order valence-electron chi connectivity index (χ2n) is 4.81. The molecule has 0 aliphatic carbocycles. The summed E-state index contributed by atoms with van der Waals surface area (Å²) in [5.41, 5.74) is 1.70. The molecule has 116 valence electrons. The second-order valence-corrected chi connectivity index (χ2v) is 7.98. The summed E-state index contributed by atoms with van der Waals surface area (Å²) in [4.78, 5) is 12.5. The van der Waals surface area contributed by atoms with Crippen LogP contribution >= 0.6 is 15.9 Å². The first-order valence-electron chi connectivity index (χ1n) is 6.74. The minimum Gasteiger partial charge on any atom is -0.322 e. The topological polar surface area (TPSA) is 63.2 Å². The van der Waals surface area contributed by atoms with Gasteiger partial charge in [-0.2, -0.15) is 0 Å². The van der Waals surface area contributed by atoms with Gasteiger partial charge < -0.3 is 5.32 Å². The molecule has 0 aliphatic rings. The molecule has 0 fully saturated rings. The number of carbonyl (C=O) groups excluding carboxylic acids is 1. The molecule has 1 amide bonds. The lowest BCUT2D eigenvalue weighted by Crippen LogP contribution is -2.17. The van der Waals surface area contributed by atoms with Crippen LogP contribution in [0.15, 0.2) is 51.8 Å². The van der Waals surface area contributed by atoms with Gasteiger partial charge in [0.05, 0.1) is 16.2 Å². The average molecular weight is 382 g/mol. The second kappa shape index (κ2) is 6.62. The van der Waals surface area contributed by atoms with Gasteiger partial charge in [-0.3, -0.25) is 4.79 Å². The molecular weight excluding hydrogens is 366 g/mol. The van der Waals surface area contributed by atoms with Crippen LogP contribution in [-0.4, -0.2) is 20.1 Å². The molecule has 0 radical (unpaired) electrons. The van der Waals surface area contributed by atoms with E-state index in [0.29, 0.717) is 5.69 Å². The monoisotopic (exact) mass is 381 g/mol. The van der Waals surface area contributed by atoms with E-state index in [1.807, 2.05) is 19.1 Å². The number of halogens is 1. The van der Waals surface area contributed by atoms with E-state index >= 15 is 0 Å². The summed E-state index contributed by atoms with van der Waals surface area (Å²) < 4.78 is 25.1. The number of benzene rings is 2. The molecule has 0 spiro atoms. The third-order valence-corrected chi connectivity index (χ3v) is 5.56. The van der Waals surface area contributed by atoms with Crippen molar-refractivity contribution in [2.45, 2.75) is 18.7 Å². The fraction of sp³-hybridized carbons (Fsp3) is 0.188. The molecule has 6 heteroatoms. The molecule has 22 heavy (non-hydrogen) atoms. The number of hydrogen-bond acceptors (Lipinski definition) is 3. The Labute approximate surface area is 138 Å². The van der Waals surface area contributed by atoms with Gasteiger partial charge in [-0.25, -0.2) is 8.42 Å². The van der Waals surface area contributed by atoms with Crippen LogP contribution in [0.5, 0.6) is 0 Å². The molecule has 0 aromatic heterocycles. The van der Waals surface area contributed by atoms with Crippen LogP contribution in [-0.2, 0) is 9.84 Å². The minimum atomic E-state index is -3.45. The van der Waals surface area contributed by atoms with Crippen molar-refractivity contribution in [3.8, 4) is 0 Å². The first kappa shape index (κ1) is 16.7. The van der Waals surface area contributed by atoms with Crippen molar-refractivity contribution in [2.75, 3.05) is 11.1 Å². The number of hydrogen-bond donors (Lipinski definition) is 1. The highest BCUT2D eigenvalue weighted by atomic mass is 79.9. The van der Waals surface area contributed by atoms with Crippen molar-refractivity contribution in [3.05, 3.63) is 58.1 Å². The third kappa shape index (κ3) is 3.56. The summed E-state index contributed by atoms with van der Waals surface area (Å²) in [6.45, 7) is 3.43. The summed E-state index contributed by atoms with van der Waals surface area (Å²) in [5.74, 6) is -0.479. The smallest absolute Gasteiger partial charge is 0.256 e. The van der Waals surface area contributed by atoms with Gasteiger partial charge in [-0.15, -0.1) is 0 Å². The number of carbonyl (C=O) groups is 1.